The molecule has 0 aliphatic carbocycles. The van der Waals surface area contributed by atoms with Gasteiger partial charge in [0, 0.05) is 15.0 Å². The van der Waals surface area contributed by atoms with Crippen molar-refractivity contribution in [3.8, 4) is 17.2 Å². The number of amides is 1. The second kappa shape index (κ2) is 12.7. The topological polar surface area (TPSA) is 56.8 Å². The Morgan fingerprint density at radius 1 is 0.943 bits per heavy atom. The Bertz CT molecular complexity index is 1210. The number of hydrogen-bond acceptors (Lipinski definition) is 4. The van der Waals surface area contributed by atoms with Crippen molar-refractivity contribution in [3.63, 3.8) is 0 Å². The highest BCUT2D eigenvalue weighted by molar-refractivity contribution is 9.11. The standard InChI is InChI=1S/C27H26Br2FNO4/c1-4-33-24-16-19(5-11-23(24)35-14-13-34-21-9-7-20(30)8-10-21)6-12-25(32)31-22-15-17(2)26(28)18(3)27(22)29/h5-12,15-16H,4,13-14H2,1-3H3,(H,31,32)/b12-6+. The summed E-state index contributed by atoms with van der Waals surface area (Å²) in [6.07, 6.45) is 3.19. The van der Waals surface area contributed by atoms with E-state index < -0.39 is 0 Å². The summed E-state index contributed by atoms with van der Waals surface area (Å²) in [5.74, 6) is 1.15. The van der Waals surface area contributed by atoms with Crippen LogP contribution in [0, 0.1) is 19.7 Å². The second-order valence-corrected chi connectivity index (χ2v) is 9.19. The lowest BCUT2D eigenvalue weighted by atomic mass is 10.1. The van der Waals surface area contributed by atoms with Crippen LogP contribution in [0.2, 0.25) is 0 Å². The Hall–Kier alpha value is -2.84. The van der Waals surface area contributed by atoms with E-state index in [1.54, 1.807) is 24.3 Å². The first-order valence-electron chi connectivity index (χ1n) is 11.0. The maximum atomic E-state index is 13.0. The maximum Gasteiger partial charge on any atom is 0.248 e. The Kier molecular flexibility index (Phi) is 9.74. The fraction of sp³-hybridized carbons (Fsp3) is 0.222. The number of carbonyl (C=O) groups excluding carboxylic acids is 1. The van der Waals surface area contributed by atoms with Crippen molar-refractivity contribution in [3.05, 3.63) is 86.1 Å². The molecule has 8 heteroatoms. The van der Waals surface area contributed by atoms with Crippen LogP contribution in [0.4, 0.5) is 10.1 Å². The minimum absolute atomic E-state index is 0.247. The molecular formula is C27H26Br2FNO4. The third kappa shape index (κ3) is 7.57. The summed E-state index contributed by atoms with van der Waals surface area (Å²) in [7, 11) is 0. The van der Waals surface area contributed by atoms with Crippen LogP contribution in [0.25, 0.3) is 6.08 Å². The van der Waals surface area contributed by atoms with Gasteiger partial charge in [0.2, 0.25) is 5.91 Å². The van der Waals surface area contributed by atoms with Crippen LogP contribution >= 0.6 is 31.9 Å². The van der Waals surface area contributed by atoms with Gasteiger partial charge in [-0.15, -0.1) is 0 Å². The Morgan fingerprint density at radius 2 is 1.66 bits per heavy atom. The van der Waals surface area contributed by atoms with Gasteiger partial charge in [0.1, 0.15) is 24.8 Å². The van der Waals surface area contributed by atoms with Crippen molar-refractivity contribution >= 4 is 49.5 Å². The van der Waals surface area contributed by atoms with Crippen molar-refractivity contribution in [2.45, 2.75) is 20.8 Å². The Morgan fingerprint density at radius 3 is 2.37 bits per heavy atom. The first-order chi connectivity index (χ1) is 16.8. The molecule has 1 amide bonds. The van der Waals surface area contributed by atoms with Crippen molar-refractivity contribution in [1.82, 2.24) is 0 Å². The number of rotatable bonds is 10. The first kappa shape index (κ1) is 26.8. The van der Waals surface area contributed by atoms with Crippen LogP contribution < -0.4 is 19.5 Å². The lowest BCUT2D eigenvalue weighted by molar-refractivity contribution is -0.111. The monoisotopic (exact) mass is 605 g/mol. The molecular weight excluding hydrogens is 581 g/mol. The number of carbonyl (C=O) groups is 1. The van der Waals surface area contributed by atoms with Crippen molar-refractivity contribution in [1.29, 1.82) is 0 Å². The molecule has 35 heavy (non-hydrogen) atoms. The van der Waals surface area contributed by atoms with Gasteiger partial charge in [-0.2, -0.15) is 0 Å². The molecule has 0 aliphatic heterocycles. The molecule has 184 valence electrons. The molecule has 1 N–H and O–H groups in total. The molecule has 0 saturated heterocycles. The van der Waals surface area contributed by atoms with Gasteiger partial charge in [-0.1, -0.05) is 22.0 Å². The zero-order chi connectivity index (χ0) is 25.4. The van der Waals surface area contributed by atoms with Gasteiger partial charge in [-0.25, -0.2) is 4.39 Å². The van der Waals surface area contributed by atoms with Crippen molar-refractivity contribution in [2.24, 2.45) is 0 Å². The maximum absolute atomic E-state index is 13.0. The molecule has 0 spiro atoms. The van der Waals surface area contributed by atoms with Crippen molar-refractivity contribution < 1.29 is 23.4 Å². The molecule has 3 rings (SSSR count). The molecule has 0 aliphatic rings. The fourth-order valence-corrected chi connectivity index (χ4v) is 4.22. The average molecular weight is 607 g/mol. The minimum atomic E-state index is -0.312. The highest BCUT2D eigenvalue weighted by atomic mass is 79.9. The lowest BCUT2D eigenvalue weighted by Crippen LogP contribution is -2.10. The summed E-state index contributed by atoms with van der Waals surface area (Å²) in [6.45, 7) is 6.88. The van der Waals surface area contributed by atoms with Gasteiger partial charge >= 0.3 is 0 Å². The third-order valence-electron chi connectivity index (χ3n) is 4.98. The lowest BCUT2D eigenvalue weighted by Gasteiger charge is -2.13. The highest BCUT2D eigenvalue weighted by Crippen LogP contribution is 2.34. The number of halogens is 3. The van der Waals surface area contributed by atoms with Crippen LogP contribution in [-0.4, -0.2) is 25.7 Å². The zero-order valence-corrected chi connectivity index (χ0v) is 22.8. The normalized spacial score (nSPS) is 10.9. The third-order valence-corrected chi connectivity index (χ3v) is 7.22. The van der Waals surface area contributed by atoms with Gasteiger partial charge in [0.15, 0.2) is 11.5 Å². The summed E-state index contributed by atoms with van der Waals surface area (Å²) in [5, 5.41) is 2.91. The SMILES string of the molecule is CCOc1cc(/C=C/C(=O)Nc2cc(C)c(Br)c(C)c2Br)ccc1OCCOc1ccc(F)cc1. The van der Waals surface area contributed by atoms with Gasteiger partial charge in [-0.3, -0.25) is 4.79 Å². The smallest absolute Gasteiger partial charge is 0.248 e. The summed E-state index contributed by atoms with van der Waals surface area (Å²) in [5.41, 5.74) is 3.55. The number of hydrogen-bond donors (Lipinski definition) is 1. The number of anilines is 1. The summed E-state index contributed by atoms with van der Waals surface area (Å²) in [6, 6.07) is 13.2. The number of aryl methyl sites for hydroxylation is 1. The van der Waals surface area contributed by atoms with E-state index in [0.717, 1.165) is 25.6 Å². The molecule has 0 bridgehead atoms. The Labute approximate surface area is 221 Å². The van der Waals surface area contributed by atoms with Gasteiger partial charge < -0.3 is 19.5 Å². The molecule has 0 atom stereocenters. The first-order valence-corrected chi connectivity index (χ1v) is 12.6. The van der Waals surface area contributed by atoms with E-state index in [1.165, 1.54) is 18.2 Å². The fourth-order valence-electron chi connectivity index (χ4n) is 3.23. The van der Waals surface area contributed by atoms with E-state index in [2.05, 4.69) is 37.2 Å². The summed E-state index contributed by atoms with van der Waals surface area (Å²) in [4.78, 5) is 12.5. The predicted octanol–water partition coefficient (Wildman–Crippen LogP) is 7.48. The summed E-state index contributed by atoms with van der Waals surface area (Å²) < 4.78 is 31.9. The Balaban J connectivity index is 1.61. The molecule has 3 aromatic rings. The molecule has 5 nitrogen and oxygen atoms in total. The minimum Gasteiger partial charge on any atom is -0.490 e. The van der Waals surface area contributed by atoms with Gasteiger partial charge in [0.25, 0.3) is 0 Å². The van der Waals surface area contributed by atoms with E-state index >= 15 is 0 Å². The van der Waals surface area contributed by atoms with E-state index in [1.807, 2.05) is 39.0 Å². The van der Waals surface area contributed by atoms with Gasteiger partial charge in [0.05, 0.1) is 12.3 Å². The zero-order valence-electron chi connectivity index (χ0n) is 19.7. The quantitative estimate of drug-likeness (QED) is 0.192. The molecule has 0 fully saturated rings. The second-order valence-electron chi connectivity index (χ2n) is 7.61. The number of nitrogens with one attached hydrogen (secondary N) is 1. The van der Waals surface area contributed by atoms with Crippen LogP contribution in [0.15, 0.2) is 63.6 Å². The number of benzene rings is 3. The number of ether oxygens (including phenoxy) is 3. The van der Waals surface area contributed by atoms with Crippen LogP contribution in [-0.2, 0) is 4.79 Å². The molecule has 0 unspecified atom stereocenters. The molecule has 3 aromatic carbocycles. The molecule has 0 heterocycles. The molecule has 0 radical (unpaired) electrons. The molecule has 0 aromatic heterocycles. The van der Waals surface area contributed by atoms with Crippen LogP contribution in [0.3, 0.4) is 0 Å². The van der Waals surface area contributed by atoms with Gasteiger partial charge in [-0.05, 0) is 102 Å². The largest absolute Gasteiger partial charge is 0.490 e. The predicted molar refractivity (Wildman–Crippen MR) is 144 cm³/mol. The van der Waals surface area contributed by atoms with Crippen LogP contribution in [0.5, 0.6) is 17.2 Å². The highest BCUT2D eigenvalue weighted by Gasteiger charge is 2.11. The van der Waals surface area contributed by atoms with Crippen LogP contribution in [0.1, 0.15) is 23.6 Å². The van der Waals surface area contributed by atoms with E-state index in [0.29, 0.717) is 36.1 Å². The molecule has 0 saturated carbocycles. The van der Waals surface area contributed by atoms with E-state index in [9.17, 15) is 9.18 Å². The average Bonchev–Trinajstić information content (AvgIpc) is 2.84. The summed E-state index contributed by atoms with van der Waals surface area (Å²) >= 11 is 7.09. The van der Waals surface area contributed by atoms with E-state index in [4.69, 9.17) is 14.2 Å². The van der Waals surface area contributed by atoms with Crippen molar-refractivity contribution in [2.75, 3.05) is 25.1 Å². The van der Waals surface area contributed by atoms with E-state index in [-0.39, 0.29) is 18.3 Å².